The zero-order valence-electron chi connectivity index (χ0n) is 15.9. The van der Waals surface area contributed by atoms with Crippen molar-refractivity contribution in [3.8, 4) is 5.75 Å². The lowest BCUT2D eigenvalue weighted by molar-refractivity contribution is -0.115. The van der Waals surface area contributed by atoms with Gasteiger partial charge in [0.1, 0.15) is 11.4 Å². The molecule has 1 aliphatic heterocycles. The Morgan fingerprint density at radius 3 is 2.63 bits per heavy atom. The fourth-order valence-corrected chi connectivity index (χ4v) is 3.39. The summed E-state index contributed by atoms with van der Waals surface area (Å²) in [7, 11) is 0. The molecule has 3 aromatic rings. The summed E-state index contributed by atoms with van der Waals surface area (Å²) < 4.78 is 6.00. The standard InChI is InChI=1S/C24H23NO2/c1-16-12-22-20(10-11-24(2,3)27-22)15-21(16)25-23(26)14-17-8-9-18-6-4-5-7-19(18)13-17/h4-13,15H,14H2,1-3H3,(H,25,26). The van der Waals surface area contributed by atoms with Crippen LogP contribution in [0, 0.1) is 6.92 Å². The first-order valence-electron chi connectivity index (χ1n) is 9.20. The number of ether oxygens (including phenoxy) is 1. The molecule has 3 heteroatoms. The third-order valence-corrected chi connectivity index (χ3v) is 4.85. The van der Waals surface area contributed by atoms with E-state index in [2.05, 4.69) is 35.7 Å². The van der Waals surface area contributed by atoms with Crippen LogP contribution in [-0.4, -0.2) is 11.5 Å². The van der Waals surface area contributed by atoms with Crippen molar-refractivity contribution in [3.05, 3.63) is 77.4 Å². The third-order valence-electron chi connectivity index (χ3n) is 4.85. The van der Waals surface area contributed by atoms with Gasteiger partial charge in [0.2, 0.25) is 5.91 Å². The molecule has 0 saturated heterocycles. The van der Waals surface area contributed by atoms with Crippen LogP contribution in [0.15, 0.2) is 60.7 Å². The van der Waals surface area contributed by atoms with Crippen LogP contribution in [-0.2, 0) is 11.2 Å². The molecule has 0 fully saturated rings. The molecule has 1 amide bonds. The molecule has 0 atom stereocenters. The summed E-state index contributed by atoms with van der Waals surface area (Å²) >= 11 is 0. The fourth-order valence-electron chi connectivity index (χ4n) is 3.39. The second-order valence-electron chi connectivity index (χ2n) is 7.65. The van der Waals surface area contributed by atoms with Gasteiger partial charge in [-0.3, -0.25) is 4.79 Å². The van der Waals surface area contributed by atoms with Crippen molar-refractivity contribution in [3.63, 3.8) is 0 Å². The maximum absolute atomic E-state index is 12.6. The van der Waals surface area contributed by atoms with E-state index in [0.29, 0.717) is 6.42 Å². The minimum Gasteiger partial charge on any atom is -0.483 e. The van der Waals surface area contributed by atoms with Crippen LogP contribution in [0.25, 0.3) is 16.8 Å². The van der Waals surface area contributed by atoms with Gasteiger partial charge < -0.3 is 10.1 Å². The molecular formula is C24H23NO2. The van der Waals surface area contributed by atoms with E-state index in [9.17, 15) is 4.79 Å². The van der Waals surface area contributed by atoms with E-state index in [4.69, 9.17) is 4.74 Å². The van der Waals surface area contributed by atoms with Crippen molar-refractivity contribution in [2.45, 2.75) is 32.8 Å². The van der Waals surface area contributed by atoms with Gasteiger partial charge in [-0.25, -0.2) is 0 Å². The largest absolute Gasteiger partial charge is 0.483 e. The number of benzene rings is 3. The summed E-state index contributed by atoms with van der Waals surface area (Å²) in [5.74, 6) is 0.835. The van der Waals surface area contributed by atoms with Crippen LogP contribution < -0.4 is 10.1 Å². The van der Waals surface area contributed by atoms with Gasteiger partial charge in [-0.1, -0.05) is 48.5 Å². The van der Waals surface area contributed by atoms with E-state index in [1.165, 1.54) is 5.39 Å². The molecule has 3 aromatic carbocycles. The predicted octanol–water partition coefficient (Wildman–Crippen LogP) is 5.51. The number of rotatable bonds is 3. The first kappa shape index (κ1) is 17.3. The molecule has 0 unspecified atom stereocenters. The van der Waals surface area contributed by atoms with E-state index in [1.807, 2.05) is 57.2 Å². The average molecular weight is 357 g/mol. The van der Waals surface area contributed by atoms with Gasteiger partial charge in [-0.2, -0.15) is 0 Å². The number of nitrogens with one attached hydrogen (secondary N) is 1. The number of carbonyl (C=O) groups is 1. The summed E-state index contributed by atoms with van der Waals surface area (Å²) in [6.07, 6.45) is 4.43. The average Bonchev–Trinajstić information content (AvgIpc) is 2.62. The molecular weight excluding hydrogens is 334 g/mol. The predicted molar refractivity (Wildman–Crippen MR) is 111 cm³/mol. The van der Waals surface area contributed by atoms with E-state index >= 15 is 0 Å². The lowest BCUT2D eigenvalue weighted by Gasteiger charge is -2.28. The molecule has 27 heavy (non-hydrogen) atoms. The van der Waals surface area contributed by atoms with Crippen molar-refractivity contribution in [2.24, 2.45) is 0 Å². The van der Waals surface area contributed by atoms with Crippen LogP contribution in [0.1, 0.15) is 30.5 Å². The quantitative estimate of drug-likeness (QED) is 0.671. The molecule has 4 rings (SSSR count). The van der Waals surface area contributed by atoms with Crippen molar-refractivity contribution in [1.29, 1.82) is 0 Å². The molecule has 0 aliphatic carbocycles. The van der Waals surface area contributed by atoms with Gasteiger partial charge in [-0.05, 0) is 60.9 Å². The monoisotopic (exact) mass is 357 g/mol. The number of aryl methyl sites for hydroxylation is 1. The summed E-state index contributed by atoms with van der Waals surface area (Å²) in [6.45, 7) is 6.04. The molecule has 0 bridgehead atoms. The summed E-state index contributed by atoms with van der Waals surface area (Å²) in [5.41, 5.74) is 3.51. The Bertz CT molecular complexity index is 1060. The number of carbonyl (C=O) groups excluding carboxylic acids is 1. The summed E-state index contributed by atoms with van der Waals surface area (Å²) in [5, 5.41) is 5.38. The molecule has 0 aromatic heterocycles. The highest BCUT2D eigenvalue weighted by Crippen LogP contribution is 2.34. The lowest BCUT2D eigenvalue weighted by atomic mass is 10.00. The highest BCUT2D eigenvalue weighted by molar-refractivity contribution is 5.94. The third kappa shape index (κ3) is 3.72. The minimum atomic E-state index is -0.305. The number of anilines is 1. The molecule has 3 nitrogen and oxygen atoms in total. The highest BCUT2D eigenvalue weighted by atomic mass is 16.5. The topological polar surface area (TPSA) is 38.3 Å². The van der Waals surface area contributed by atoms with Gasteiger partial charge in [0, 0.05) is 11.3 Å². The summed E-state index contributed by atoms with van der Waals surface area (Å²) in [6, 6.07) is 18.3. The van der Waals surface area contributed by atoms with Crippen molar-refractivity contribution >= 4 is 28.4 Å². The van der Waals surface area contributed by atoms with Crippen LogP contribution >= 0.6 is 0 Å². The lowest BCUT2D eigenvalue weighted by Crippen LogP contribution is -2.27. The fraction of sp³-hybridized carbons (Fsp3) is 0.208. The first-order chi connectivity index (χ1) is 12.9. The molecule has 1 aliphatic rings. The maximum atomic E-state index is 12.6. The Kier molecular flexibility index (Phi) is 4.23. The second kappa shape index (κ2) is 6.58. The van der Waals surface area contributed by atoms with E-state index in [1.54, 1.807) is 0 Å². The van der Waals surface area contributed by atoms with Crippen LogP contribution in [0.2, 0.25) is 0 Å². The molecule has 136 valence electrons. The number of hydrogen-bond donors (Lipinski definition) is 1. The van der Waals surface area contributed by atoms with Gasteiger partial charge >= 0.3 is 0 Å². The van der Waals surface area contributed by atoms with Crippen molar-refractivity contribution in [1.82, 2.24) is 0 Å². The van der Waals surface area contributed by atoms with E-state index in [0.717, 1.165) is 33.5 Å². The molecule has 0 spiro atoms. The Morgan fingerprint density at radius 2 is 1.81 bits per heavy atom. The SMILES string of the molecule is Cc1cc2c(cc1NC(=O)Cc1ccc3ccccc3c1)C=CC(C)(C)O2. The highest BCUT2D eigenvalue weighted by Gasteiger charge is 2.22. The first-order valence-corrected chi connectivity index (χ1v) is 9.20. The molecule has 1 N–H and O–H groups in total. The van der Waals surface area contributed by atoms with E-state index in [-0.39, 0.29) is 11.5 Å². The van der Waals surface area contributed by atoms with Gasteiger partial charge in [0.15, 0.2) is 0 Å². The Hall–Kier alpha value is -3.07. The Morgan fingerprint density at radius 1 is 1.04 bits per heavy atom. The number of fused-ring (bicyclic) bond motifs is 2. The zero-order valence-corrected chi connectivity index (χ0v) is 15.9. The Labute approximate surface area is 159 Å². The van der Waals surface area contributed by atoms with Crippen molar-refractivity contribution < 1.29 is 9.53 Å². The smallest absolute Gasteiger partial charge is 0.228 e. The molecule has 0 saturated carbocycles. The van der Waals surface area contributed by atoms with E-state index < -0.39 is 0 Å². The van der Waals surface area contributed by atoms with Crippen LogP contribution in [0.3, 0.4) is 0 Å². The van der Waals surface area contributed by atoms with Crippen molar-refractivity contribution in [2.75, 3.05) is 5.32 Å². The van der Waals surface area contributed by atoms with Gasteiger partial charge in [0.25, 0.3) is 0 Å². The van der Waals surface area contributed by atoms with Gasteiger partial charge in [0.05, 0.1) is 6.42 Å². The maximum Gasteiger partial charge on any atom is 0.228 e. The number of hydrogen-bond acceptors (Lipinski definition) is 2. The minimum absolute atomic E-state index is 0.0191. The summed E-state index contributed by atoms with van der Waals surface area (Å²) in [4.78, 5) is 12.6. The normalized spacial score (nSPS) is 14.5. The van der Waals surface area contributed by atoms with Crippen LogP contribution in [0.5, 0.6) is 5.75 Å². The molecule has 1 heterocycles. The second-order valence-corrected chi connectivity index (χ2v) is 7.65. The Balaban J connectivity index is 1.52. The zero-order chi connectivity index (χ0) is 19.0. The number of amides is 1. The van der Waals surface area contributed by atoms with Crippen LogP contribution in [0.4, 0.5) is 5.69 Å². The van der Waals surface area contributed by atoms with Gasteiger partial charge in [-0.15, -0.1) is 0 Å². The molecule has 0 radical (unpaired) electrons.